The van der Waals surface area contributed by atoms with Crippen LogP contribution in [0.1, 0.15) is 11.4 Å². The number of nitrogens with zero attached hydrogens (tertiary/aromatic N) is 1. The van der Waals surface area contributed by atoms with Gasteiger partial charge in [0.2, 0.25) is 5.69 Å². The Morgan fingerprint density at radius 3 is 2.62 bits per heavy atom. The zero-order chi connectivity index (χ0) is 11.0. The average molecular weight is 208 g/mol. The summed E-state index contributed by atoms with van der Waals surface area (Å²) in [5, 5.41) is 0. The molecule has 2 aromatic rings. The van der Waals surface area contributed by atoms with Gasteiger partial charge in [0.05, 0.1) is 0 Å². The molecule has 0 spiro atoms. The van der Waals surface area contributed by atoms with E-state index >= 15 is 0 Å². The molecule has 1 nitrogen and oxygen atoms in total. The fraction of sp³-hybridized carbons (Fsp3) is 0.133. The number of aromatic nitrogens is 1. The molecule has 1 aliphatic rings. The Morgan fingerprint density at radius 2 is 1.81 bits per heavy atom. The summed E-state index contributed by atoms with van der Waals surface area (Å²) >= 11 is 0. The normalized spacial score (nSPS) is 12.8. The van der Waals surface area contributed by atoms with Gasteiger partial charge in [0, 0.05) is 25.1 Å². The zero-order valence-electron chi connectivity index (χ0n) is 9.35. The van der Waals surface area contributed by atoms with E-state index in [-0.39, 0.29) is 0 Å². The second kappa shape index (κ2) is 3.60. The van der Waals surface area contributed by atoms with E-state index in [4.69, 9.17) is 0 Å². The Kier molecular flexibility index (Phi) is 2.10. The molecule has 2 heterocycles. The second-order valence-electron chi connectivity index (χ2n) is 4.19. The predicted molar refractivity (Wildman–Crippen MR) is 65.8 cm³/mol. The van der Waals surface area contributed by atoms with Crippen LogP contribution >= 0.6 is 0 Å². The highest BCUT2D eigenvalue weighted by Crippen LogP contribution is 2.21. The summed E-state index contributed by atoms with van der Waals surface area (Å²) in [6, 6.07) is 15.0. The van der Waals surface area contributed by atoms with Gasteiger partial charge in [0.25, 0.3) is 0 Å². The summed E-state index contributed by atoms with van der Waals surface area (Å²) in [6.07, 6.45) is 4.40. The van der Waals surface area contributed by atoms with Gasteiger partial charge in [-0.3, -0.25) is 0 Å². The molecule has 1 heteroatoms. The lowest BCUT2D eigenvalue weighted by molar-refractivity contribution is -0.690. The first kappa shape index (κ1) is 9.34. The molecule has 0 unspecified atom stereocenters. The number of fused-ring (bicyclic) bond motifs is 1. The van der Waals surface area contributed by atoms with Crippen molar-refractivity contribution in [2.75, 3.05) is 0 Å². The number of aryl methyl sites for hydroxylation is 1. The van der Waals surface area contributed by atoms with Gasteiger partial charge in [-0.25, -0.2) is 0 Å². The molecule has 78 valence electrons. The van der Waals surface area contributed by atoms with Crippen LogP contribution in [0.2, 0.25) is 0 Å². The van der Waals surface area contributed by atoms with Crippen LogP contribution in [-0.2, 0) is 6.54 Å². The highest BCUT2D eigenvalue weighted by atomic mass is 15.0. The minimum atomic E-state index is 1.01. The van der Waals surface area contributed by atoms with Crippen LogP contribution in [0.3, 0.4) is 0 Å². The van der Waals surface area contributed by atoms with E-state index in [1.165, 1.54) is 22.5 Å². The molecule has 1 aliphatic heterocycles. The first-order valence-corrected chi connectivity index (χ1v) is 5.61. The summed E-state index contributed by atoms with van der Waals surface area (Å²) in [5.41, 5.74) is 5.21. The Morgan fingerprint density at radius 1 is 1.00 bits per heavy atom. The maximum atomic E-state index is 2.33. The molecule has 0 saturated carbocycles. The molecule has 1 aromatic carbocycles. The lowest BCUT2D eigenvalue weighted by Crippen LogP contribution is -2.36. The Labute approximate surface area is 95.7 Å². The third kappa shape index (κ3) is 1.45. The van der Waals surface area contributed by atoms with Crippen LogP contribution in [0.5, 0.6) is 0 Å². The average Bonchev–Trinajstić information content (AvgIpc) is 2.79. The largest absolute Gasteiger partial charge is 0.206 e. The molecule has 0 fully saturated rings. The van der Waals surface area contributed by atoms with Crippen molar-refractivity contribution >= 4 is 6.08 Å². The maximum absolute atomic E-state index is 2.33. The molecule has 0 saturated heterocycles. The first-order valence-electron chi connectivity index (χ1n) is 5.61. The van der Waals surface area contributed by atoms with E-state index in [0.717, 1.165) is 6.54 Å². The molecule has 0 atom stereocenters. The van der Waals surface area contributed by atoms with Crippen molar-refractivity contribution in [3.05, 3.63) is 59.9 Å². The maximum Gasteiger partial charge on any atom is 0.206 e. The smallest absolute Gasteiger partial charge is 0.193 e. The highest BCUT2D eigenvalue weighted by molar-refractivity contribution is 5.65. The van der Waals surface area contributed by atoms with Crippen molar-refractivity contribution in [2.45, 2.75) is 13.5 Å². The Hall–Kier alpha value is -1.89. The van der Waals surface area contributed by atoms with E-state index in [9.17, 15) is 0 Å². The van der Waals surface area contributed by atoms with Crippen molar-refractivity contribution in [3.63, 3.8) is 0 Å². The molecule has 1 aromatic heterocycles. The predicted octanol–water partition coefficient (Wildman–Crippen LogP) is 2.98. The van der Waals surface area contributed by atoms with Gasteiger partial charge in [-0.15, -0.1) is 0 Å². The van der Waals surface area contributed by atoms with Gasteiger partial charge in [0.15, 0.2) is 12.2 Å². The second-order valence-corrected chi connectivity index (χ2v) is 4.19. The quantitative estimate of drug-likeness (QED) is 0.634. The van der Waals surface area contributed by atoms with Crippen LogP contribution in [-0.4, -0.2) is 0 Å². The SMILES string of the molecule is Cc1cc(-c2ccccc2)cc2[n+]1CC=C2. The molecule has 0 N–H and O–H groups in total. The van der Waals surface area contributed by atoms with Crippen molar-refractivity contribution in [1.29, 1.82) is 0 Å². The number of hydrogen-bond acceptors (Lipinski definition) is 0. The number of rotatable bonds is 1. The summed E-state index contributed by atoms with van der Waals surface area (Å²) in [5.74, 6) is 0. The number of allylic oxidation sites excluding steroid dienone is 1. The summed E-state index contributed by atoms with van der Waals surface area (Å²) in [7, 11) is 0. The van der Waals surface area contributed by atoms with Crippen LogP contribution in [0.25, 0.3) is 17.2 Å². The van der Waals surface area contributed by atoms with Crippen LogP contribution < -0.4 is 4.57 Å². The lowest BCUT2D eigenvalue weighted by atomic mass is 10.0. The Balaban J connectivity index is 2.17. The summed E-state index contributed by atoms with van der Waals surface area (Å²) in [4.78, 5) is 0. The Bertz CT molecular complexity index is 553. The zero-order valence-corrected chi connectivity index (χ0v) is 9.35. The fourth-order valence-electron chi connectivity index (χ4n) is 2.25. The van der Waals surface area contributed by atoms with E-state index in [1.54, 1.807) is 0 Å². The van der Waals surface area contributed by atoms with Gasteiger partial charge >= 0.3 is 0 Å². The van der Waals surface area contributed by atoms with Gasteiger partial charge in [-0.1, -0.05) is 30.3 Å². The van der Waals surface area contributed by atoms with Crippen molar-refractivity contribution in [1.82, 2.24) is 0 Å². The lowest BCUT2D eigenvalue weighted by Gasteiger charge is -2.03. The fourth-order valence-corrected chi connectivity index (χ4v) is 2.25. The van der Waals surface area contributed by atoms with E-state index in [0.29, 0.717) is 0 Å². The monoisotopic (exact) mass is 208 g/mol. The minimum Gasteiger partial charge on any atom is -0.193 e. The molecular formula is C15H14N+. The number of hydrogen-bond donors (Lipinski definition) is 0. The van der Waals surface area contributed by atoms with E-state index in [1.807, 2.05) is 0 Å². The summed E-state index contributed by atoms with van der Waals surface area (Å²) in [6.45, 7) is 3.18. The minimum absolute atomic E-state index is 1.01. The van der Waals surface area contributed by atoms with Crippen LogP contribution in [0, 0.1) is 6.92 Å². The van der Waals surface area contributed by atoms with E-state index in [2.05, 4.69) is 66.1 Å². The van der Waals surface area contributed by atoms with Crippen LogP contribution in [0.15, 0.2) is 48.5 Å². The van der Waals surface area contributed by atoms with Crippen molar-refractivity contribution in [3.8, 4) is 11.1 Å². The van der Waals surface area contributed by atoms with Gasteiger partial charge in [-0.05, 0) is 17.2 Å². The first-order chi connectivity index (χ1) is 7.84. The van der Waals surface area contributed by atoms with E-state index < -0.39 is 0 Å². The number of benzene rings is 1. The molecule has 0 amide bonds. The third-order valence-corrected chi connectivity index (χ3v) is 3.09. The number of pyridine rings is 1. The van der Waals surface area contributed by atoms with Gasteiger partial charge in [0.1, 0.15) is 0 Å². The van der Waals surface area contributed by atoms with Crippen LogP contribution in [0.4, 0.5) is 0 Å². The molecule has 0 aliphatic carbocycles. The standard InChI is InChI=1S/C15H14N/c1-12-10-14(13-6-3-2-4-7-13)11-15-8-5-9-16(12)15/h2-8,10-11H,9H2,1H3/q+1. The molecule has 0 radical (unpaired) electrons. The highest BCUT2D eigenvalue weighted by Gasteiger charge is 2.17. The van der Waals surface area contributed by atoms with Gasteiger partial charge < -0.3 is 0 Å². The molecule has 3 rings (SSSR count). The molecule has 16 heavy (non-hydrogen) atoms. The van der Waals surface area contributed by atoms with Crippen molar-refractivity contribution < 1.29 is 4.57 Å². The molecule has 0 bridgehead atoms. The summed E-state index contributed by atoms with van der Waals surface area (Å²) < 4.78 is 2.33. The molecular weight excluding hydrogens is 194 g/mol. The topological polar surface area (TPSA) is 3.88 Å². The van der Waals surface area contributed by atoms with Crippen molar-refractivity contribution in [2.24, 2.45) is 0 Å². The third-order valence-electron chi connectivity index (χ3n) is 3.09. The van der Waals surface area contributed by atoms with Gasteiger partial charge in [-0.2, -0.15) is 4.57 Å².